The molecule has 2 aliphatic heterocycles. The van der Waals surface area contributed by atoms with Gasteiger partial charge >= 0.3 is 6.03 Å². The number of allylic oxidation sites excluding steroid dienone is 1. The zero-order valence-electron chi connectivity index (χ0n) is 63.1. The van der Waals surface area contributed by atoms with Crippen molar-refractivity contribution in [3.05, 3.63) is 78.0 Å². The van der Waals surface area contributed by atoms with Crippen LogP contribution in [0.3, 0.4) is 0 Å². The van der Waals surface area contributed by atoms with E-state index in [-0.39, 0.29) is 105 Å². The number of primary amides is 1. The van der Waals surface area contributed by atoms with Gasteiger partial charge in [0.1, 0.15) is 24.2 Å². The molecule has 4 rings (SSSR count). The van der Waals surface area contributed by atoms with Crippen molar-refractivity contribution in [2.75, 3.05) is 67.0 Å². The molecule has 0 spiro atoms. The molecule has 101 heavy (non-hydrogen) atoms. The third-order valence-corrected chi connectivity index (χ3v) is 19.5. The van der Waals surface area contributed by atoms with Crippen molar-refractivity contribution >= 4 is 64.9 Å². The molecule has 566 valence electrons. The van der Waals surface area contributed by atoms with Gasteiger partial charge < -0.3 is 77.0 Å². The molecule has 2 saturated heterocycles. The van der Waals surface area contributed by atoms with E-state index in [1.165, 1.54) is 14.2 Å². The summed E-state index contributed by atoms with van der Waals surface area (Å²) in [5.41, 5.74) is 7.36. The van der Waals surface area contributed by atoms with Crippen LogP contribution in [-0.4, -0.2) is 196 Å². The minimum Gasteiger partial charge on any atom is -0.379 e. The van der Waals surface area contributed by atoms with Crippen LogP contribution < -0.4 is 48.3 Å². The number of nitrogens with two attached hydrogens (primary N) is 1. The van der Waals surface area contributed by atoms with E-state index < -0.39 is 108 Å². The van der Waals surface area contributed by atoms with Crippen LogP contribution in [0.4, 0.5) is 10.5 Å². The number of urea groups is 1. The molecule has 2 aromatic carbocycles. The number of likely N-dealkylation sites (N-methyl/N-ethyl adjacent to an activating group) is 2. The Morgan fingerprint density at radius 1 is 0.733 bits per heavy atom. The van der Waals surface area contributed by atoms with Crippen molar-refractivity contribution in [2.45, 2.75) is 233 Å². The number of methoxy groups -OCH3 is 2. The fourth-order valence-corrected chi connectivity index (χ4v) is 13.4. The Morgan fingerprint density at radius 3 is 1.95 bits per heavy atom. The van der Waals surface area contributed by atoms with E-state index in [9.17, 15) is 47.9 Å². The minimum absolute atomic E-state index is 0.0461. The lowest BCUT2D eigenvalue weighted by molar-refractivity contribution is -0.203. The summed E-state index contributed by atoms with van der Waals surface area (Å²) in [5, 5.41) is 22.8. The van der Waals surface area contributed by atoms with Crippen LogP contribution in [0.5, 0.6) is 0 Å². The van der Waals surface area contributed by atoms with Crippen LogP contribution in [0.2, 0.25) is 0 Å². The Kier molecular flexibility index (Phi) is 36.4. The Morgan fingerprint density at radius 2 is 1.38 bits per heavy atom. The van der Waals surface area contributed by atoms with Crippen molar-refractivity contribution in [3.8, 4) is 0 Å². The summed E-state index contributed by atoms with van der Waals surface area (Å²) in [5.74, 6) is -5.46. The molecule has 0 bridgehead atoms. The van der Waals surface area contributed by atoms with Crippen molar-refractivity contribution < 1.29 is 66.9 Å². The van der Waals surface area contributed by atoms with Crippen LogP contribution >= 0.6 is 0 Å². The van der Waals surface area contributed by atoms with Crippen LogP contribution in [0, 0.1) is 35.0 Å². The molecular formula is C75H122N12O14. The van der Waals surface area contributed by atoms with Gasteiger partial charge in [0.2, 0.25) is 53.2 Å². The number of amides is 11. The van der Waals surface area contributed by atoms with Crippen molar-refractivity contribution in [1.82, 2.24) is 51.9 Å². The third kappa shape index (κ3) is 27.0. The molecule has 2 heterocycles. The second-order valence-corrected chi connectivity index (χ2v) is 28.8. The van der Waals surface area contributed by atoms with Crippen LogP contribution in [0.15, 0.2) is 66.9 Å². The largest absolute Gasteiger partial charge is 0.379 e. The number of hydrogen-bond acceptors (Lipinski definition) is 15. The standard InChI is InChI=1S/C75H122N12O14/c1-18-21-38-75(11,12)66(85(13)14)72(95)84-63(47(6)7)73(96)86(15)64(48(8)19-2)58(98-16)42-60(89)87-40-27-31-57(87)65(99-17)50(10)67(90)82-56(41-51-28-23-22-24-29-51)69(92)78-43-52-34-36-54(37-35-52)80-70(93)55(30-26-39-77-74(76)97)81-71(94)62(46(4)5)83-59(88)32-25-33-61-100-44-53(45-101-61)68(91)79-49(9)20-3/h22-24,28-29,34-37,46-48,50,53,55-58,61-66H,9,18-21,25-27,30-33,38-45H2,1-8,10-17H3,(H,78,92)(H,79,91)(H,80,93)(H,81,94)(H,82,90)(H,83,88)(H,84,95)(H3,76,77,97)/t48-,50+,53?,55-,56-,57-,58+,61?,62-,63-,64-,65+,66+/m0/s1. The SMILES string of the molecule is C=C(CC)NC(=O)C1COC(CCCC(=O)N[C@H](C(=O)N[C@@H](CCCNC(N)=O)C(=O)Nc2ccc(CNC(=O)[C@H](Cc3ccccc3)NC(=O)[C@H](C)[C@@H](OC)[C@@H]3CCCN3C(=O)C[C@@H](OC)[C@H]([C@@H](C)CC)N(C)C(=O)[C@@H](NC(=O)[C@@H](N(C)C)C(C)(C)CCCC)C(C)C)cc2)C(C)C)OC1. The van der Waals surface area contributed by atoms with Crippen LogP contribution in [0.25, 0.3) is 0 Å². The highest BCUT2D eigenvalue weighted by Crippen LogP contribution is 2.33. The lowest BCUT2D eigenvalue weighted by atomic mass is 9.78. The number of nitrogens with zero attached hydrogens (tertiary/aromatic N) is 3. The highest BCUT2D eigenvalue weighted by atomic mass is 16.7. The first kappa shape index (κ1) is 85.9. The summed E-state index contributed by atoms with van der Waals surface area (Å²) in [4.78, 5) is 143. The van der Waals surface area contributed by atoms with Gasteiger partial charge in [-0.05, 0) is 112 Å². The lowest BCUT2D eigenvalue weighted by Gasteiger charge is -2.42. The number of anilines is 1. The monoisotopic (exact) mass is 1410 g/mol. The van der Waals surface area contributed by atoms with Crippen molar-refractivity contribution in [2.24, 2.45) is 40.7 Å². The molecule has 11 atom stereocenters. The van der Waals surface area contributed by atoms with Gasteiger partial charge in [0.25, 0.3) is 0 Å². The number of likely N-dealkylation sites (tertiary alicyclic amines) is 1. The van der Waals surface area contributed by atoms with E-state index in [4.69, 9.17) is 24.7 Å². The summed E-state index contributed by atoms with van der Waals surface area (Å²) in [7, 11) is 8.54. The number of carbonyl (C=O) groups is 10. The summed E-state index contributed by atoms with van der Waals surface area (Å²) < 4.78 is 23.8. The maximum Gasteiger partial charge on any atom is 0.312 e. The molecule has 2 fully saturated rings. The second-order valence-electron chi connectivity index (χ2n) is 28.8. The molecule has 2 aromatic rings. The Balaban J connectivity index is 1.42. The van der Waals surface area contributed by atoms with E-state index in [2.05, 4.69) is 69.9 Å². The van der Waals surface area contributed by atoms with Gasteiger partial charge in [-0.1, -0.05) is 144 Å². The van der Waals surface area contributed by atoms with Gasteiger partial charge in [-0.2, -0.15) is 0 Å². The third-order valence-electron chi connectivity index (χ3n) is 19.5. The molecule has 0 saturated carbocycles. The summed E-state index contributed by atoms with van der Waals surface area (Å²) in [6, 6.07) is 9.71. The molecule has 26 heteroatoms. The molecular weight excluding hydrogens is 1290 g/mol. The van der Waals surface area contributed by atoms with Gasteiger partial charge in [0.15, 0.2) is 6.29 Å². The molecule has 11 amide bonds. The summed E-state index contributed by atoms with van der Waals surface area (Å²) in [6.45, 7) is 26.0. The Hall–Kier alpha value is -7.52. The number of nitrogens with one attached hydrogen (secondary N) is 8. The van der Waals surface area contributed by atoms with Gasteiger partial charge in [0, 0.05) is 65.1 Å². The van der Waals surface area contributed by atoms with E-state index >= 15 is 0 Å². The Bertz CT molecular complexity index is 3000. The summed E-state index contributed by atoms with van der Waals surface area (Å²) >= 11 is 0. The highest BCUT2D eigenvalue weighted by Gasteiger charge is 2.45. The number of unbranched alkanes of at least 4 members (excludes halogenated alkanes) is 1. The number of rotatable bonds is 43. The average Bonchev–Trinajstić information content (AvgIpc) is 1.80. The fourth-order valence-electron chi connectivity index (χ4n) is 13.4. The molecule has 2 aliphatic rings. The summed E-state index contributed by atoms with van der Waals surface area (Å²) in [6.07, 6.45) is 4.44. The van der Waals surface area contributed by atoms with E-state index in [0.717, 1.165) is 24.8 Å². The predicted molar refractivity (Wildman–Crippen MR) is 389 cm³/mol. The lowest BCUT2D eigenvalue weighted by Crippen LogP contribution is -2.60. The molecule has 0 unspecified atom stereocenters. The van der Waals surface area contributed by atoms with E-state index in [1.807, 2.05) is 83.9 Å². The molecule has 26 nitrogen and oxygen atoms in total. The number of benzene rings is 2. The van der Waals surface area contributed by atoms with E-state index in [1.54, 1.807) is 61.9 Å². The van der Waals surface area contributed by atoms with Crippen LogP contribution in [0.1, 0.15) is 171 Å². The first-order chi connectivity index (χ1) is 47.8. The minimum atomic E-state index is -1.10. The number of carbonyl (C=O) groups excluding carboxylic acids is 10. The first-order valence-electron chi connectivity index (χ1n) is 36.3. The predicted octanol–water partition coefficient (Wildman–Crippen LogP) is 6.45. The number of hydrogen-bond donors (Lipinski definition) is 9. The maximum absolute atomic E-state index is 14.8. The van der Waals surface area contributed by atoms with Gasteiger partial charge in [0.05, 0.1) is 61.8 Å². The zero-order valence-corrected chi connectivity index (χ0v) is 63.1. The van der Waals surface area contributed by atoms with Crippen molar-refractivity contribution in [3.63, 3.8) is 0 Å². The maximum atomic E-state index is 14.8. The highest BCUT2D eigenvalue weighted by molar-refractivity contribution is 5.98. The molecule has 10 N–H and O–H groups in total. The Labute approximate surface area is 600 Å². The fraction of sp³-hybridized carbons (Fsp3) is 0.680. The second kappa shape index (κ2) is 42.8. The number of ether oxygens (including phenoxy) is 4. The first-order valence-corrected chi connectivity index (χ1v) is 36.3. The molecule has 0 radical (unpaired) electrons. The molecule has 0 aromatic heterocycles. The topological polar surface area (TPSA) is 340 Å². The van der Waals surface area contributed by atoms with Gasteiger partial charge in [-0.3, -0.25) is 48.1 Å². The average molecular weight is 1420 g/mol. The van der Waals surface area contributed by atoms with Gasteiger partial charge in [-0.25, -0.2) is 4.79 Å². The normalized spacial score (nSPS) is 18.5. The van der Waals surface area contributed by atoms with E-state index in [0.29, 0.717) is 62.0 Å². The smallest absolute Gasteiger partial charge is 0.312 e. The quantitative estimate of drug-likeness (QED) is 0.0322. The van der Waals surface area contributed by atoms with Gasteiger partial charge in [-0.15, -0.1) is 0 Å². The van der Waals surface area contributed by atoms with Crippen LogP contribution in [-0.2, 0) is 75.1 Å². The zero-order chi connectivity index (χ0) is 75.3. The van der Waals surface area contributed by atoms with Crippen molar-refractivity contribution in [1.29, 1.82) is 0 Å². The molecule has 0 aliphatic carbocycles.